The molecule has 1 amide bonds. The average Bonchev–Trinajstić information content (AvgIpc) is 3.28. The Morgan fingerprint density at radius 2 is 1.93 bits per heavy atom. The van der Waals surface area contributed by atoms with E-state index in [4.69, 9.17) is 4.74 Å². The zero-order valence-electron chi connectivity index (χ0n) is 16.6. The van der Waals surface area contributed by atoms with Crippen LogP contribution in [0.1, 0.15) is 34.8 Å². The Hall–Kier alpha value is -2.58. The summed E-state index contributed by atoms with van der Waals surface area (Å²) in [5.74, 6) is 0.484. The van der Waals surface area contributed by atoms with Gasteiger partial charge in [-0.15, -0.1) is 11.8 Å². The Bertz CT molecular complexity index is 867. The molecule has 2 aromatic rings. The molecule has 1 aliphatic rings. The monoisotopic (exact) mass is 415 g/mol. The molecule has 1 saturated heterocycles. The molecule has 0 aromatic heterocycles. The second-order valence-electron chi connectivity index (χ2n) is 6.89. The number of hydrogen-bond donors (Lipinski definition) is 1. The zero-order chi connectivity index (χ0) is 20.8. The van der Waals surface area contributed by atoms with E-state index < -0.39 is 4.92 Å². The van der Waals surface area contributed by atoms with Crippen LogP contribution in [0.25, 0.3) is 0 Å². The van der Waals surface area contributed by atoms with Gasteiger partial charge in [-0.3, -0.25) is 19.8 Å². The molecule has 0 unspecified atom stereocenters. The van der Waals surface area contributed by atoms with Crippen molar-refractivity contribution < 1.29 is 14.5 Å². The van der Waals surface area contributed by atoms with Gasteiger partial charge in [0, 0.05) is 18.2 Å². The van der Waals surface area contributed by atoms with E-state index in [2.05, 4.69) is 10.2 Å². The maximum atomic E-state index is 12.7. The molecule has 0 aliphatic carbocycles. The number of nitrogens with one attached hydrogen (secondary N) is 1. The highest BCUT2D eigenvalue weighted by Crippen LogP contribution is 2.29. The van der Waals surface area contributed by atoms with Gasteiger partial charge in [0.1, 0.15) is 5.75 Å². The van der Waals surface area contributed by atoms with Crippen LogP contribution in [-0.2, 0) is 0 Å². The predicted octanol–water partition coefficient (Wildman–Crippen LogP) is 3.89. The largest absolute Gasteiger partial charge is 0.497 e. The lowest BCUT2D eigenvalue weighted by Crippen LogP contribution is -2.36. The average molecular weight is 416 g/mol. The number of rotatable bonds is 8. The van der Waals surface area contributed by atoms with Crippen molar-refractivity contribution >= 4 is 23.4 Å². The van der Waals surface area contributed by atoms with Crippen molar-refractivity contribution in [2.24, 2.45) is 0 Å². The first-order chi connectivity index (χ1) is 14.0. The van der Waals surface area contributed by atoms with Gasteiger partial charge in [-0.2, -0.15) is 0 Å². The third kappa shape index (κ3) is 5.07. The van der Waals surface area contributed by atoms with Crippen LogP contribution in [0.3, 0.4) is 0 Å². The second-order valence-corrected chi connectivity index (χ2v) is 7.73. The minimum atomic E-state index is -0.451. The van der Waals surface area contributed by atoms with Gasteiger partial charge >= 0.3 is 0 Å². The van der Waals surface area contributed by atoms with Gasteiger partial charge in [0.2, 0.25) is 0 Å². The van der Waals surface area contributed by atoms with Crippen molar-refractivity contribution in [3.63, 3.8) is 0 Å². The summed E-state index contributed by atoms with van der Waals surface area (Å²) in [5, 5.41) is 14.2. The van der Waals surface area contributed by atoms with Crippen LogP contribution in [0, 0.1) is 10.1 Å². The summed E-state index contributed by atoms with van der Waals surface area (Å²) < 4.78 is 5.24. The van der Waals surface area contributed by atoms with Crippen LogP contribution in [0.4, 0.5) is 5.69 Å². The van der Waals surface area contributed by atoms with Gasteiger partial charge in [-0.05, 0) is 62.0 Å². The lowest BCUT2D eigenvalue weighted by molar-refractivity contribution is -0.387. The van der Waals surface area contributed by atoms with Crippen LogP contribution in [0.5, 0.6) is 5.75 Å². The van der Waals surface area contributed by atoms with E-state index in [1.807, 2.05) is 24.3 Å². The first-order valence-corrected chi connectivity index (χ1v) is 10.7. The first-order valence-electron chi connectivity index (χ1n) is 9.52. The van der Waals surface area contributed by atoms with Crippen molar-refractivity contribution in [2.45, 2.75) is 23.8 Å². The van der Waals surface area contributed by atoms with Crippen molar-refractivity contribution in [3.05, 3.63) is 63.7 Å². The molecule has 0 saturated carbocycles. The molecule has 154 valence electrons. The van der Waals surface area contributed by atoms with Gasteiger partial charge in [0.05, 0.1) is 23.0 Å². The highest BCUT2D eigenvalue weighted by Gasteiger charge is 2.25. The van der Waals surface area contributed by atoms with Crippen LogP contribution in [0.15, 0.2) is 47.4 Å². The van der Waals surface area contributed by atoms with Crippen LogP contribution < -0.4 is 10.1 Å². The van der Waals surface area contributed by atoms with Crippen molar-refractivity contribution in [1.29, 1.82) is 0 Å². The van der Waals surface area contributed by atoms with E-state index in [1.54, 1.807) is 25.5 Å². The molecule has 3 rings (SSSR count). The Kier molecular flexibility index (Phi) is 7.11. The quantitative estimate of drug-likeness (QED) is 0.400. The standard InChI is InChI=1S/C21H25N3O4S/c1-28-17-8-5-15(6-9-17)19(23-11-3-4-12-23)14-22-21(25)16-7-10-20(29-2)18(13-16)24(26)27/h5-10,13,19H,3-4,11-12,14H2,1-2H3,(H,22,25)/t19-/m0/s1. The summed E-state index contributed by atoms with van der Waals surface area (Å²) in [7, 11) is 1.63. The topological polar surface area (TPSA) is 84.7 Å². The SMILES string of the molecule is COc1ccc([C@H](CNC(=O)c2ccc(SC)c([N+](=O)[O-])c2)N2CCCC2)cc1. The number of amides is 1. The maximum absolute atomic E-state index is 12.7. The first kappa shape index (κ1) is 21.1. The summed E-state index contributed by atoms with van der Waals surface area (Å²) >= 11 is 1.29. The van der Waals surface area contributed by atoms with Gasteiger partial charge in [0.25, 0.3) is 11.6 Å². The summed E-state index contributed by atoms with van der Waals surface area (Å²) in [4.78, 5) is 26.4. The molecule has 0 radical (unpaired) electrons. The van der Waals surface area contributed by atoms with E-state index in [0.29, 0.717) is 17.0 Å². The van der Waals surface area contributed by atoms with Crippen LogP contribution >= 0.6 is 11.8 Å². The fourth-order valence-electron chi connectivity index (χ4n) is 3.60. The number of nitro benzene ring substituents is 1. The summed E-state index contributed by atoms with van der Waals surface area (Å²) in [6.45, 7) is 2.41. The molecule has 0 spiro atoms. The van der Waals surface area contributed by atoms with Crippen molar-refractivity contribution in [3.8, 4) is 5.75 Å². The van der Waals surface area contributed by atoms with E-state index in [9.17, 15) is 14.9 Å². The summed E-state index contributed by atoms with van der Waals surface area (Å²) in [6, 6.07) is 12.5. The number of benzene rings is 2. The number of carbonyl (C=O) groups is 1. The molecular formula is C21H25N3O4S. The van der Waals surface area contributed by atoms with Gasteiger partial charge in [0.15, 0.2) is 0 Å². The second kappa shape index (κ2) is 9.76. The normalized spacial score (nSPS) is 15.1. The fraction of sp³-hybridized carbons (Fsp3) is 0.381. The lowest BCUT2D eigenvalue weighted by Gasteiger charge is -2.28. The number of ether oxygens (including phenoxy) is 1. The van der Waals surface area contributed by atoms with E-state index >= 15 is 0 Å². The van der Waals surface area contributed by atoms with E-state index in [0.717, 1.165) is 37.2 Å². The van der Waals surface area contributed by atoms with E-state index in [1.165, 1.54) is 17.8 Å². The molecule has 1 N–H and O–H groups in total. The third-order valence-electron chi connectivity index (χ3n) is 5.18. The van der Waals surface area contributed by atoms with Crippen LogP contribution in [-0.4, -0.2) is 48.7 Å². The van der Waals surface area contributed by atoms with Gasteiger partial charge in [-0.25, -0.2) is 0 Å². The number of nitrogens with zero attached hydrogens (tertiary/aromatic N) is 2. The minimum absolute atomic E-state index is 0.0450. The fourth-order valence-corrected chi connectivity index (χ4v) is 4.15. The molecule has 8 heteroatoms. The minimum Gasteiger partial charge on any atom is -0.497 e. The number of carbonyl (C=O) groups excluding carboxylic acids is 1. The van der Waals surface area contributed by atoms with E-state index in [-0.39, 0.29) is 17.6 Å². The van der Waals surface area contributed by atoms with Crippen molar-refractivity contribution in [2.75, 3.05) is 33.0 Å². The molecular weight excluding hydrogens is 390 g/mol. The lowest BCUT2D eigenvalue weighted by atomic mass is 10.0. The Labute approximate surface area is 174 Å². The summed E-state index contributed by atoms with van der Waals surface area (Å²) in [5.41, 5.74) is 1.36. The Balaban J connectivity index is 1.75. The maximum Gasteiger partial charge on any atom is 0.283 e. The zero-order valence-corrected chi connectivity index (χ0v) is 17.4. The molecule has 0 bridgehead atoms. The highest BCUT2D eigenvalue weighted by atomic mass is 32.2. The van der Waals surface area contributed by atoms with Gasteiger partial charge in [-0.1, -0.05) is 12.1 Å². The third-order valence-corrected chi connectivity index (χ3v) is 5.96. The number of thioether (sulfide) groups is 1. The highest BCUT2D eigenvalue weighted by molar-refractivity contribution is 7.98. The molecule has 29 heavy (non-hydrogen) atoms. The van der Waals surface area contributed by atoms with Crippen molar-refractivity contribution in [1.82, 2.24) is 10.2 Å². The smallest absolute Gasteiger partial charge is 0.283 e. The molecule has 1 fully saturated rings. The summed E-state index contributed by atoms with van der Waals surface area (Å²) in [6.07, 6.45) is 4.06. The number of methoxy groups -OCH3 is 1. The Morgan fingerprint density at radius 3 is 2.52 bits per heavy atom. The van der Waals surface area contributed by atoms with Crippen LogP contribution in [0.2, 0.25) is 0 Å². The molecule has 1 aliphatic heterocycles. The molecule has 7 nitrogen and oxygen atoms in total. The predicted molar refractivity (Wildman–Crippen MR) is 114 cm³/mol. The molecule has 2 aromatic carbocycles. The molecule has 1 heterocycles. The number of likely N-dealkylation sites (tertiary alicyclic amines) is 1. The molecule has 1 atom stereocenters. The Morgan fingerprint density at radius 1 is 1.24 bits per heavy atom. The number of hydrogen-bond acceptors (Lipinski definition) is 6. The van der Waals surface area contributed by atoms with Gasteiger partial charge < -0.3 is 10.1 Å². The number of nitro groups is 1.